The van der Waals surface area contributed by atoms with E-state index in [0.29, 0.717) is 5.92 Å². The molecule has 1 aromatic rings. The zero-order valence-electron chi connectivity index (χ0n) is 12.3. The highest BCUT2D eigenvalue weighted by atomic mass is 15.2. The molecule has 1 N–H and O–H groups in total. The third-order valence-corrected chi connectivity index (χ3v) is 4.37. The van der Waals surface area contributed by atoms with Gasteiger partial charge >= 0.3 is 0 Å². The maximum absolute atomic E-state index is 4.88. The molecule has 1 saturated heterocycles. The lowest BCUT2D eigenvalue weighted by molar-refractivity contribution is 0.317. The van der Waals surface area contributed by atoms with Crippen LogP contribution in [0.1, 0.15) is 49.8 Å². The van der Waals surface area contributed by atoms with Crippen LogP contribution in [0.25, 0.3) is 0 Å². The molecule has 4 nitrogen and oxygen atoms in total. The van der Waals surface area contributed by atoms with Gasteiger partial charge in [0, 0.05) is 44.2 Å². The van der Waals surface area contributed by atoms with Crippen molar-refractivity contribution in [1.82, 2.24) is 19.8 Å². The molecule has 1 fully saturated rings. The van der Waals surface area contributed by atoms with E-state index in [-0.39, 0.29) is 0 Å². The monoisotopic (exact) mass is 262 g/mol. The molecule has 2 aliphatic rings. The second-order valence-electron chi connectivity index (χ2n) is 6.15. The molecule has 0 unspecified atom stereocenters. The summed E-state index contributed by atoms with van der Waals surface area (Å²) in [7, 11) is 0. The SMILES string of the molecule is CC(C)c1nc2c(n1CCN1CCCC1)CCNC2. The quantitative estimate of drug-likeness (QED) is 0.897. The zero-order valence-corrected chi connectivity index (χ0v) is 12.3. The Balaban J connectivity index is 1.78. The van der Waals surface area contributed by atoms with Gasteiger partial charge in [-0.3, -0.25) is 0 Å². The van der Waals surface area contributed by atoms with Crippen LogP contribution in [0.2, 0.25) is 0 Å². The summed E-state index contributed by atoms with van der Waals surface area (Å²) in [6, 6.07) is 0. The van der Waals surface area contributed by atoms with E-state index >= 15 is 0 Å². The third-order valence-electron chi connectivity index (χ3n) is 4.37. The van der Waals surface area contributed by atoms with E-state index in [4.69, 9.17) is 4.98 Å². The molecule has 0 spiro atoms. The lowest BCUT2D eigenvalue weighted by atomic mass is 10.2. The van der Waals surface area contributed by atoms with Crippen molar-refractivity contribution in [1.29, 1.82) is 0 Å². The van der Waals surface area contributed by atoms with Gasteiger partial charge < -0.3 is 14.8 Å². The Labute approximate surface area is 116 Å². The number of fused-ring (bicyclic) bond motifs is 1. The summed E-state index contributed by atoms with van der Waals surface area (Å²) < 4.78 is 2.51. The molecule has 0 atom stereocenters. The van der Waals surface area contributed by atoms with Crippen molar-refractivity contribution in [2.75, 3.05) is 26.2 Å². The molecule has 0 saturated carbocycles. The first-order valence-electron chi connectivity index (χ1n) is 7.77. The Morgan fingerprint density at radius 2 is 2.00 bits per heavy atom. The molecule has 0 aliphatic carbocycles. The van der Waals surface area contributed by atoms with Crippen LogP contribution in [0, 0.1) is 0 Å². The second-order valence-corrected chi connectivity index (χ2v) is 6.15. The highest BCUT2D eigenvalue weighted by molar-refractivity contribution is 5.21. The Bertz CT molecular complexity index is 430. The van der Waals surface area contributed by atoms with Gasteiger partial charge in [0.05, 0.1) is 5.69 Å². The minimum atomic E-state index is 0.518. The molecular formula is C15H26N4. The molecule has 0 amide bonds. The Kier molecular flexibility index (Phi) is 3.89. The molecule has 106 valence electrons. The summed E-state index contributed by atoms with van der Waals surface area (Å²) in [6.45, 7) is 11.4. The summed E-state index contributed by atoms with van der Waals surface area (Å²) in [5, 5.41) is 3.43. The van der Waals surface area contributed by atoms with Gasteiger partial charge in [0.15, 0.2) is 0 Å². The molecule has 1 aromatic heterocycles. The number of likely N-dealkylation sites (tertiary alicyclic amines) is 1. The lowest BCUT2D eigenvalue weighted by Gasteiger charge is -2.20. The zero-order chi connectivity index (χ0) is 13.2. The lowest BCUT2D eigenvalue weighted by Crippen LogP contribution is -2.28. The molecule has 4 heteroatoms. The topological polar surface area (TPSA) is 33.1 Å². The van der Waals surface area contributed by atoms with Gasteiger partial charge in [0.25, 0.3) is 0 Å². The Morgan fingerprint density at radius 3 is 2.74 bits per heavy atom. The maximum Gasteiger partial charge on any atom is 0.111 e. The largest absolute Gasteiger partial charge is 0.330 e. The number of hydrogen-bond acceptors (Lipinski definition) is 3. The van der Waals surface area contributed by atoms with Gasteiger partial charge in [-0.1, -0.05) is 13.8 Å². The second kappa shape index (κ2) is 5.63. The van der Waals surface area contributed by atoms with Crippen LogP contribution in [0.15, 0.2) is 0 Å². The van der Waals surface area contributed by atoms with Gasteiger partial charge in [0.2, 0.25) is 0 Å². The van der Waals surface area contributed by atoms with E-state index in [0.717, 1.165) is 26.1 Å². The third kappa shape index (κ3) is 2.70. The van der Waals surface area contributed by atoms with Gasteiger partial charge in [-0.25, -0.2) is 4.98 Å². The summed E-state index contributed by atoms with van der Waals surface area (Å²) >= 11 is 0. The maximum atomic E-state index is 4.88. The van der Waals surface area contributed by atoms with Crippen LogP contribution in [-0.4, -0.2) is 40.6 Å². The van der Waals surface area contributed by atoms with E-state index in [2.05, 4.69) is 28.6 Å². The van der Waals surface area contributed by atoms with Gasteiger partial charge in [-0.2, -0.15) is 0 Å². The normalized spacial score (nSPS) is 20.2. The Morgan fingerprint density at radius 1 is 1.21 bits per heavy atom. The van der Waals surface area contributed by atoms with Crippen molar-refractivity contribution in [3.05, 3.63) is 17.2 Å². The summed E-state index contributed by atoms with van der Waals surface area (Å²) in [5.74, 6) is 1.80. The predicted molar refractivity (Wildman–Crippen MR) is 77.4 cm³/mol. The van der Waals surface area contributed by atoms with Crippen molar-refractivity contribution >= 4 is 0 Å². The molecule has 19 heavy (non-hydrogen) atoms. The van der Waals surface area contributed by atoms with E-state index in [1.807, 2.05) is 0 Å². The number of aromatic nitrogens is 2. The molecule has 2 aliphatic heterocycles. The first-order valence-corrected chi connectivity index (χ1v) is 7.77. The van der Waals surface area contributed by atoms with E-state index < -0.39 is 0 Å². The molecule has 0 bridgehead atoms. The summed E-state index contributed by atoms with van der Waals surface area (Å²) in [5.41, 5.74) is 2.78. The minimum absolute atomic E-state index is 0.518. The molecule has 3 heterocycles. The highest BCUT2D eigenvalue weighted by Crippen LogP contribution is 2.22. The van der Waals surface area contributed by atoms with Crippen LogP contribution in [0.5, 0.6) is 0 Å². The minimum Gasteiger partial charge on any atom is -0.330 e. The number of rotatable bonds is 4. The average Bonchev–Trinajstić information content (AvgIpc) is 3.03. The number of imidazole rings is 1. The van der Waals surface area contributed by atoms with E-state index in [9.17, 15) is 0 Å². The smallest absolute Gasteiger partial charge is 0.111 e. The Hall–Kier alpha value is -0.870. The fourth-order valence-electron chi connectivity index (χ4n) is 3.33. The number of hydrogen-bond donors (Lipinski definition) is 1. The van der Waals surface area contributed by atoms with E-state index in [1.165, 1.54) is 49.7 Å². The first kappa shape index (κ1) is 13.1. The fraction of sp³-hybridized carbons (Fsp3) is 0.800. The first-order chi connectivity index (χ1) is 9.25. The van der Waals surface area contributed by atoms with Crippen molar-refractivity contribution in [2.45, 2.75) is 52.1 Å². The summed E-state index contributed by atoms with van der Waals surface area (Å²) in [4.78, 5) is 7.47. The number of nitrogens with one attached hydrogen (secondary N) is 1. The standard InChI is InChI=1S/C15H26N4/c1-12(2)15-17-13-11-16-6-5-14(13)19(15)10-9-18-7-3-4-8-18/h12,16H,3-11H2,1-2H3. The summed E-state index contributed by atoms with van der Waals surface area (Å²) in [6.07, 6.45) is 3.89. The van der Waals surface area contributed by atoms with Crippen molar-refractivity contribution in [3.8, 4) is 0 Å². The van der Waals surface area contributed by atoms with Crippen molar-refractivity contribution < 1.29 is 0 Å². The van der Waals surface area contributed by atoms with Crippen molar-refractivity contribution in [2.24, 2.45) is 0 Å². The molecule has 3 rings (SSSR count). The van der Waals surface area contributed by atoms with Crippen LogP contribution < -0.4 is 5.32 Å². The average molecular weight is 262 g/mol. The van der Waals surface area contributed by atoms with Crippen molar-refractivity contribution in [3.63, 3.8) is 0 Å². The highest BCUT2D eigenvalue weighted by Gasteiger charge is 2.21. The van der Waals surface area contributed by atoms with E-state index in [1.54, 1.807) is 0 Å². The van der Waals surface area contributed by atoms with Crippen LogP contribution >= 0.6 is 0 Å². The van der Waals surface area contributed by atoms with Gasteiger partial charge in [-0.05, 0) is 25.9 Å². The van der Waals surface area contributed by atoms with Crippen LogP contribution in [0.4, 0.5) is 0 Å². The van der Waals surface area contributed by atoms with Crippen LogP contribution in [0.3, 0.4) is 0 Å². The van der Waals surface area contributed by atoms with Gasteiger partial charge in [-0.15, -0.1) is 0 Å². The number of nitrogens with zero attached hydrogens (tertiary/aromatic N) is 3. The van der Waals surface area contributed by atoms with Gasteiger partial charge in [0.1, 0.15) is 5.82 Å². The molecule has 0 radical (unpaired) electrons. The predicted octanol–water partition coefficient (Wildman–Crippen LogP) is 1.75. The molecule has 0 aromatic carbocycles. The molecular weight excluding hydrogens is 236 g/mol. The van der Waals surface area contributed by atoms with Crippen LogP contribution in [-0.2, 0) is 19.5 Å². The fourth-order valence-corrected chi connectivity index (χ4v) is 3.33.